The first-order chi connectivity index (χ1) is 16.5. The summed E-state index contributed by atoms with van der Waals surface area (Å²) >= 11 is 0. The highest BCUT2D eigenvalue weighted by Crippen LogP contribution is 2.39. The zero-order valence-electron chi connectivity index (χ0n) is 20.3. The minimum absolute atomic E-state index is 0.735. The number of aromatic amines is 1. The van der Waals surface area contributed by atoms with Gasteiger partial charge in [-0.1, -0.05) is 42.5 Å². The summed E-state index contributed by atoms with van der Waals surface area (Å²) in [5.41, 5.74) is 13.2. The minimum atomic E-state index is 0.735. The molecule has 0 spiro atoms. The first-order valence-electron chi connectivity index (χ1n) is 12.1. The van der Waals surface area contributed by atoms with Crippen LogP contribution in [0.5, 0.6) is 0 Å². The van der Waals surface area contributed by atoms with Gasteiger partial charge in [-0.3, -0.25) is 10.1 Å². The second kappa shape index (κ2) is 9.42. The number of likely N-dealkylation sites (tertiary alicyclic amines) is 1. The van der Waals surface area contributed by atoms with Crippen molar-refractivity contribution in [3.05, 3.63) is 107 Å². The number of fused-ring (bicyclic) bond motifs is 1. The largest absolute Gasteiger partial charge is 0.305 e. The van der Waals surface area contributed by atoms with Crippen molar-refractivity contribution >= 4 is 5.57 Å². The zero-order valence-corrected chi connectivity index (χ0v) is 20.3. The number of hydrogen-bond donors (Lipinski definition) is 1. The van der Waals surface area contributed by atoms with E-state index in [1.165, 1.54) is 25.1 Å². The average Bonchev–Trinajstić information content (AvgIpc) is 3.49. The molecular weight excluding hydrogens is 416 g/mol. The molecule has 4 heteroatoms. The lowest BCUT2D eigenvalue weighted by Gasteiger charge is -2.11. The Bertz CT molecular complexity index is 1310. The van der Waals surface area contributed by atoms with E-state index in [0.29, 0.717) is 0 Å². The molecule has 0 radical (unpaired) electrons. The van der Waals surface area contributed by atoms with Crippen molar-refractivity contribution in [1.29, 1.82) is 0 Å². The van der Waals surface area contributed by atoms with E-state index in [1.54, 1.807) is 5.57 Å². The van der Waals surface area contributed by atoms with Gasteiger partial charge in [0, 0.05) is 29.9 Å². The van der Waals surface area contributed by atoms with Crippen molar-refractivity contribution < 1.29 is 0 Å². The topological polar surface area (TPSA) is 44.8 Å². The Labute approximate surface area is 202 Å². The number of rotatable bonds is 5. The molecule has 1 N–H and O–H groups in total. The lowest BCUT2D eigenvalue weighted by molar-refractivity contribution is 0.392. The van der Waals surface area contributed by atoms with E-state index >= 15 is 0 Å². The van der Waals surface area contributed by atoms with Gasteiger partial charge in [0.1, 0.15) is 0 Å². The third-order valence-electron chi connectivity index (χ3n) is 7.07. The molecule has 5 rings (SSSR count). The summed E-state index contributed by atoms with van der Waals surface area (Å²) in [5.74, 6) is 1.54. The van der Waals surface area contributed by atoms with Crippen molar-refractivity contribution in [1.82, 2.24) is 20.1 Å². The summed E-state index contributed by atoms with van der Waals surface area (Å²) in [6, 6.07) is 6.01. The van der Waals surface area contributed by atoms with Gasteiger partial charge in [-0.25, -0.2) is 0 Å². The Hall–Kier alpha value is -3.46. The molecule has 4 nitrogen and oxygen atoms in total. The molecule has 1 aliphatic heterocycles. The number of hydrogen-bond acceptors (Lipinski definition) is 3. The minimum Gasteiger partial charge on any atom is -0.305 e. The molecule has 2 atom stereocenters. The number of aryl methyl sites for hydroxylation is 1. The van der Waals surface area contributed by atoms with Crippen LogP contribution in [0.1, 0.15) is 31.0 Å². The van der Waals surface area contributed by atoms with Crippen LogP contribution in [0, 0.1) is 18.8 Å². The van der Waals surface area contributed by atoms with Gasteiger partial charge in [0.15, 0.2) is 0 Å². The van der Waals surface area contributed by atoms with Crippen LogP contribution < -0.4 is 0 Å². The van der Waals surface area contributed by atoms with E-state index in [0.717, 1.165) is 57.6 Å². The fourth-order valence-electron chi connectivity index (χ4n) is 5.31. The van der Waals surface area contributed by atoms with Crippen LogP contribution in [0.3, 0.4) is 0 Å². The van der Waals surface area contributed by atoms with Crippen molar-refractivity contribution in [3.8, 4) is 11.4 Å². The molecule has 2 unspecified atom stereocenters. The van der Waals surface area contributed by atoms with Gasteiger partial charge in [-0.15, -0.1) is 5.73 Å². The maximum absolute atomic E-state index is 4.66. The predicted molar refractivity (Wildman–Crippen MR) is 140 cm³/mol. The quantitative estimate of drug-likeness (QED) is 0.436. The third kappa shape index (κ3) is 4.61. The van der Waals surface area contributed by atoms with Crippen LogP contribution >= 0.6 is 0 Å². The van der Waals surface area contributed by atoms with Gasteiger partial charge >= 0.3 is 0 Å². The Morgan fingerprint density at radius 1 is 1.29 bits per heavy atom. The second-order valence-corrected chi connectivity index (χ2v) is 9.70. The molecule has 3 heterocycles. The molecule has 0 amide bonds. The van der Waals surface area contributed by atoms with E-state index in [1.807, 2.05) is 37.4 Å². The van der Waals surface area contributed by atoms with Crippen molar-refractivity contribution in [2.24, 2.45) is 11.8 Å². The highest BCUT2D eigenvalue weighted by molar-refractivity contribution is 5.83. The monoisotopic (exact) mass is 448 g/mol. The smallest absolute Gasteiger partial charge is 0.0919 e. The van der Waals surface area contributed by atoms with Crippen LogP contribution in [-0.2, 0) is 0 Å². The predicted octanol–water partition coefficient (Wildman–Crippen LogP) is 6.22. The average molecular weight is 449 g/mol. The standard InChI is InChI=1S/C30H32N4/c1-5-22(13-23-15-26-18-34(4)19-27(26)16-23)14-25-12-11-24(10-9-20(25)2)28-17-31-33-30(28)29-8-6-7-21(3)32-29/h5-10,12,14-15,17,26-27H,2,13,16,18-19H2,1,3-4H3,(H,31,33)/b22-5-,25-14-. The summed E-state index contributed by atoms with van der Waals surface area (Å²) in [5, 5.41) is 7.40. The lowest BCUT2D eigenvalue weighted by Crippen LogP contribution is -2.14. The summed E-state index contributed by atoms with van der Waals surface area (Å²) in [4.78, 5) is 7.11. The Kier molecular flexibility index (Phi) is 6.19. The number of nitrogens with one attached hydrogen (secondary N) is 1. The third-order valence-corrected chi connectivity index (χ3v) is 7.07. The van der Waals surface area contributed by atoms with Crippen LogP contribution in [-0.4, -0.2) is 40.2 Å². The number of nitrogens with zero attached hydrogens (tertiary/aromatic N) is 3. The summed E-state index contributed by atoms with van der Waals surface area (Å²) in [6.07, 6.45) is 17.3. The maximum atomic E-state index is 4.66. The summed E-state index contributed by atoms with van der Waals surface area (Å²) in [6.45, 7) is 10.9. The van der Waals surface area contributed by atoms with Crippen LogP contribution in [0.2, 0.25) is 0 Å². The number of H-pyrrole nitrogens is 1. The first kappa shape index (κ1) is 22.3. The Morgan fingerprint density at radius 2 is 2.18 bits per heavy atom. The van der Waals surface area contributed by atoms with Crippen molar-refractivity contribution in [3.63, 3.8) is 0 Å². The van der Waals surface area contributed by atoms with Gasteiger partial charge in [0.25, 0.3) is 0 Å². The first-order valence-corrected chi connectivity index (χ1v) is 12.1. The molecule has 1 saturated heterocycles. The van der Waals surface area contributed by atoms with Crippen molar-refractivity contribution in [2.45, 2.75) is 26.7 Å². The van der Waals surface area contributed by atoms with Crippen LogP contribution in [0.15, 0.2) is 95.5 Å². The fraction of sp³-hybridized carbons (Fsp3) is 0.300. The molecule has 0 aromatic carbocycles. The molecule has 0 saturated carbocycles. The summed E-state index contributed by atoms with van der Waals surface area (Å²) in [7, 11) is 2.23. The van der Waals surface area contributed by atoms with Gasteiger partial charge < -0.3 is 4.90 Å². The van der Waals surface area contributed by atoms with E-state index in [4.69, 9.17) is 0 Å². The number of aromatic nitrogens is 3. The zero-order chi connectivity index (χ0) is 23.7. The van der Waals surface area contributed by atoms with Crippen LogP contribution in [0.4, 0.5) is 0 Å². The number of allylic oxidation sites excluding steroid dienone is 9. The Balaban J connectivity index is 1.40. The van der Waals surface area contributed by atoms with Crippen molar-refractivity contribution in [2.75, 3.05) is 20.1 Å². The van der Waals surface area contributed by atoms with Gasteiger partial charge in [-0.2, -0.15) is 5.10 Å². The second-order valence-electron chi connectivity index (χ2n) is 9.70. The van der Waals surface area contributed by atoms with E-state index in [9.17, 15) is 0 Å². The molecule has 3 aliphatic rings. The fourth-order valence-corrected chi connectivity index (χ4v) is 5.31. The normalized spacial score (nSPS) is 23.9. The molecule has 172 valence electrons. The molecule has 2 aromatic heterocycles. The highest BCUT2D eigenvalue weighted by Gasteiger charge is 2.34. The number of pyridine rings is 1. The van der Waals surface area contributed by atoms with Gasteiger partial charge in [-0.05, 0) is 86.6 Å². The van der Waals surface area contributed by atoms with E-state index in [2.05, 4.69) is 76.7 Å². The molecule has 34 heavy (non-hydrogen) atoms. The van der Waals surface area contributed by atoms with Gasteiger partial charge in [0.2, 0.25) is 0 Å². The highest BCUT2D eigenvalue weighted by atomic mass is 15.1. The lowest BCUT2D eigenvalue weighted by atomic mass is 9.97. The van der Waals surface area contributed by atoms with Gasteiger partial charge in [0.05, 0.1) is 17.6 Å². The van der Waals surface area contributed by atoms with E-state index in [-0.39, 0.29) is 0 Å². The van der Waals surface area contributed by atoms with E-state index < -0.39 is 0 Å². The SMILES string of the molecule is C=C1C=CC(c2cn[nH]c2-c2cccc(C)n2)=C=C/C1=C/C(=C\C)CC1=CC2CN(C)CC2C1. The Morgan fingerprint density at radius 3 is 2.97 bits per heavy atom. The molecule has 0 bridgehead atoms. The maximum Gasteiger partial charge on any atom is 0.0919 e. The molecule has 1 fully saturated rings. The summed E-state index contributed by atoms with van der Waals surface area (Å²) < 4.78 is 0. The molecular formula is C30H32N4. The molecule has 2 aliphatic carbocycles. The molecule has 2 aromatic rings. The van der Waals surface area contributed by atoms with Crippen LogP contribution in [0.25, 0.3) is 17.0 Å².